The molecule has 0 spiro atoms. The van der Waals surface area contributed by atoms with Crippen molar-refractivity contribution < 1.29 is 4.79 Å². The molecule has 6 nitrogen and oxygen atoms in total. The van der Waals surface area contributed by atoms with Gasteiger partial charge in [-0.2, -0.15) is 0 Å². The van der Waals surface area contributed by atoms with E-state index < -0.39 is 11.2 Å². The first kappa shape index (κ1) is 19.4. The van der Waals surface area contributed by atoms with Crippen molar-refractivity contribution in [3.05, 3.63) is 92.3 Å². The zero-order valence-corrected chi connectivity index (χ0v) is 15.9. The Labute approximate surface area is 162 Å². The first-order chi connectivity index (χ1) is 13.4. The number of amides is 1. The van der Waals surface area contributed by atoms with E-state index in [4.69, 9.17) is 0 Å². The van der Waals surface area contributed by atoms with Gasteiger partial charge < -0.3 is 10.3 Å². The number of aromatic amines is 2. The van der Waals surface area contributed by atoms with Crippen LogP contribution in [-0.2, 0) is 11.2 Å². The van der Waals surface area contributed by atoms with Crippen molar-refractivity contribution in [1.29, 1.82) is 0 Å². The molecule has 3 N–H and O–H groups in total. The number of hydrogen-bond acceptors (Lipinski definition) is 3. The number of aromatic nitrogens is 2. The van der Waals surface area contributed by atoms with Crippen LogP contribution >= 0.6 is 0 Å². The molecule has 1 heterocycles. The maximum atomic E-state index is 12.3. The average Bonchev–Trinajstić information content (AvgIpc) is 2.68. The minimum atomic E-state index is -0.539. The van der Waals surface area contributed by atoms with Crippen LogP contribution in [0.5, 0.6) is 0 Å². The van der Waals surface area contributed by atoms with E-state index in [-0.39, 0.29) is 24.8 Å². The van der Waals surface area contributed by atoms with Gasteiger partial charge in [0.25, 0.3) is 5.56 Å². The third-order valence-corrected chi connectivity index (χ3v) is 4.75. The first-order valence-electron chi connectivity index (χ1n) is 9.21. The number of hydrogen-bond donors (Lipinski definition) is 3. The number of carbonyl (C=O) groups is 1. The highest BCUT2D eigenvalue weighted by Crippen LogP contribution is 2.21. The molecule has 0 saturated carbocycles. The summed E-state index contributed by atoms with van der Waals surface area (Å²) in [6.45, 7) is 3.58. The molecule has 0 saturated heterocycles. The SMILES string of the molecule is Cc1[nH]c(=O)[nH]c(=O)c1CCC(=O)N[C@@H](C)c1ccc(-c2ccccc2)cc1. The minimum absolute atomic E-state index is 0.146. The lowest BCUT2D eigenvalue weighted by Gasteiger charge is -2.15. The normalized spacial score (nSPS) is 11.8. The lowest BCUT2D eigenvalue weighted by molar-refractivity contribution is -0.121. The van der Waals surface area contributed by atoms with E-state index in [0.717, 1.165) is 16.7 Å². The van der Waals surface area contributed by atoms with E-state index >= 15 is 0 Å². The van der Waals surface area contributed by atoms with Gasteiger partial charge in [0.2, 0.25) is 5.91 Å². The van der Waals surface area contributed by atoms with Gasteiger partial charge in [0.1, 0.15) is 0 Å². The van der Waals surface area contributed by atoms with Crippen LogP contribution in [0.25, 0.3) is 11.1 Å². The smallest absolute Gasteiger partial charge is 0.325 e. The predicted molar refractivity (Wildman–Crippen MR) is 109 cm³/mol. The summed E-state index contributed by atoms with van der Waals surface area (Å²) in [6.07, 6.45) is 0.436. The molecular formula is C22H23N3O3. The molecule has 2 aromatic carbocycles. The van der Waals surface area contributed by atoms with Gasteiger partial charge in [-0.3, -0.25) is 14.6 Å². The number of carbonyl (C=O) groups excluding carboxylic acids is 1. The van der Waals surface area contributed by atoms with Gasteiger partial charge in [-0.05, 0) is 37.0 Å². The van der Waals surface area contributed by atoms with Gasteiger partial charge in [0.15, 0.2) is 0 Å². The predicted octanol–water partition coefficient (Wildman–Crippen LogP) is 2.85. The van der Waals surface area contributed by atoms with E-state index in [1.807, 2.05) is 49.4 Å². The Kier molecular flexibility index (Phi) is 5.89. The van der Waals surface area contributed by atoms with Crippen molar-refractivity contribution in [3.63, 3.8) is 0 Å². The second-order valence-electron chi connectivity index (χ2n) is 6.79. The van der Waals surface area contributed by atoms with Crippen LogP contribution in [0.4, 0.5) is 0 Å². The molecule has 0 bridgehead atoms. The molecular weight excluding hydrogens is 354 g/mol. The molecule has 1 amide bonds. The number of nitrogens with one attached hydrogen (secondary N) is 3. The van der Waals surface area contributed by atoms with Crippen molar-refractivity contribution in [1.82, 2.24) is 15.3 Å². The number of rotatable bonds is 6. The molecule has 0 aliphatic carbocycles. The number of H-pyrrole nitrogens is 2. The summed E-state index contributed by atoms with van der Waals surface area (Å²) in [7, 11) is 0. The Balaban J connectivity index is 1.60. The van der Waals surface area contributed by atoms with Crippen LogP contribution in [0, 0.1) is 6.92 Å². The highest BCUT2D eigenvalue weighted by atomic mass is 16.2. The molecule has 28 heavy (non-hydrogen) atoms. The monoisotopic (exact) mass is 377 g/mol. The van der Waals surface area contributed by atoms with Crippen molar-refractivity contribution >= 4 is 5.91 Å². The molecule has 0 radical (unpaired) electrons. The second-order valence-corrected chi connectivity index (χ2v) is 6.79. The van der Waals surface area contributed by atoms with Crippen molar-refractivity contribution in [3.8, 4) is 11.1 Å². The van der Waals surface area contributed by atoms with Crippen molar-refractivity contribution in [2.24, 2.45) is 0 Å². The Morgan fingerprint density at radius 3 is 2.25 bits per heavy atom. The first-order valence-corrected chi connectivity index (χ1v) is 9.21. The van der Waals surface area contributed by atoms with E-state index in [2.05, 4.69) is 27.4 Å². The Morgan fingerprint density at radius 2 is 1.61 bits per heavy atom. The van der Waals surface area contributed by atoms with Crippen LogP contribution < -0.4 is 16.6 Å². The summed E-state index contributed by atoms with van der Waals surface area (Å²) in [6, 6.07) is 18.0. The lowest BCUT2D eigenvalue weighted by atomic mass is 10.0. The van der Waals surface area contributed by atoms with E-state index in [1.165, 1.54) is 0 Å². The molecule has 0 unspecified atom stereocenters. The van der Waals surface area contributed by atoms with E-state index in [9.17, 15) is 14.4 Å². The van der Waals surface area contributed by atoms with Gasteiger partial charge in [-0.1, -0.05) is 54.6 Å². The summed E-state index contributed by atoms with van der Waals surface area (Å²) in [5.41, 5.74) is 3.21. The lowest BCUT2D eigenvalue weighted by Crippen LogP contribution is -2.30. The maximum Gasteiger partial charge on any atom is 0.325 e. The highest BCUT2D eigenvalue weighted by molar-refractivity contribution is 5.76. The third-order valence-electron chi connectivity index (χ3n) is 4.75. The van der Waals surface area contributed by atoms with Crippen LogP contribution in [-0.4, -0.2) is 15.9 Å². The van der Waals surface area contributed by atoms with Crippen LogP contribution in [0.1, 0.15) is 36.2 Å². The Hall–Kier alpha value is -3.41. The van der Waals surface area contributed by atoms with Gasteiger partial charge in [0.05, 0.1) is 6.04 Å². The number of benzene rings is 2. The van der Waals surface area contributed by atoms with E-state index in [1.54, 1.807) is 6.92 Å². The zero-order chi connectivity index (χ0) is 20.1. The molecule has 3 rings (SSSR count). The summed E-state index contributed by atoms with van der Waals surface area (Å²) >= 11 is 0. The van der Waals surface area contributed by atoms with Gasteiger partial charge in [-0.15, -0.1) is 0 Å². The van der Waals surface area contributed by atoms with Crippen LogP contribution in [0.2, 0.25) is 0 Å². The summed E-state index contributed by atoms with van der Waals surface area (Å²) in [5, 5.41) is 2.95. The van der Waals surface area contributed by atoms with Gasteiger partial charge in [0, 0.05) is 17.7 Å². The molecule has 1 atom stereocenters. The standard InChI is InChI=1S/C22H23N3O3/c1-14(16-8-10-18(11-9-16)17-6-4-3-5-7-17)23-20(26)13-12-19-15(2)24-22(28)25-21(19)27/h3-11,14H,12-13H2,1-2H3,(H,23,26)(H2,24,25,27,28)/t14-/m0/s1. The zero-order valence-electron chi connectivity index (χ0n) is 15.9. The molecule has 3 aromatic rings. The van der Waals surface area contributed by atoms with Crippen LogP contribution in [0.3, 0.4) is 0 Å². The van der Waals surface area contributed by atoms with Crippen LogP contribution in [0.15, 0.2) is 64.2 Å². The van der Waals surface area contributed by atoms with Crippen molar-refractivity contribution in [2.75, 3.05) is 0 Å². The Bertz CT molecular complexity index is 1070. The fourth-order valence-corrected chi connectivity index (χ4v) is 3.16. The van der Waals surface area contributed by atoms with Gasteiger partial charge >= 0.3 is 5.69 Å². The summed E-state index contributed by atoms with van der Waals surface area (Å²) in [5.74, 6) is -0.148. The minimum Gasteiger partial charge on any atom is -0.350 e. The third kappa shape index (κ3) is 4.65. The van der Waals surface area contributed by atoms with Crippen molar-refractivity contribution in [2.45, 2.75) is 32.7 Å². The highest BCUT2D eigenvalue weighted by Gasteiger charge is 2.12. The molecule has 144 valence electrons. The topological polar surface area (TPSA) is 94.8 Å². The summed E-state index contributed by atoms with van der Waals surface area (Å²) in [4.78, 5) is 40.1. The van der Waals surface area contributed by atoms with E-state index in [0.29, 0.717) is 11.3 Å². The summed E-state index contributed by atoms with van der Waals surface area (Å²) < 4.78 is 0. The molecule has 1 aromatic heterocycles. The molecule has 0 aliphatic heterocycles. The average molecular weight is 377 g/mol. The molecule has 6 heteroatoms. The molecule has 0 fully saturated rings. The molecule has 0 aliphatic rings. The van der Waals surface area contributed by atoms with Gasteiger partial charge in [-0.25, -0.2) is 4.79 Å². The number of aryl methyl sites for hydroxylation is 1. The second kappa shape index (κ2) is 8.52. The fourth-order valence-electron chi connectivity index (χ4n) is 3.16. The quantitative estimate of drug-likeness (QED) is 0.616. The Morgan fingerprint density at radius 1 is 0.964 bits per heavy atom. The largest absolute Gasteiger partial charge is 0.350 e. The maximum absolute atomic E-state index is 12.3. The fraction of sp³-hybridized carbons (Fsp3) is 0.227.